The van der Waals surface area contributed by atoms with Crippen molar-refractivity contribution in [2.75, 3.05) is 11.9 Å². The zero-order chi connectivity index (χ0) is 34.3. The van der Waals surface area contributed by atoms with E-state index >= 15 is 0 Å². The summed E-state index contributed by atoms with van der Waals surface area (Å²) < 4.78 is 11.9. The van der Waals surface area contributed by atoms with Gasteiger partial charge in [-0.15, -0.1) is 0 Å². The molecule has 5 aromatic rings. The quantitative estimate of drug-likeness (QED) is 0.0653. The van der Waals surface area contributed by atoms with Crippen LogP contribution in [0.25, 0.3) is 11.5 Å². The number of carboxylic acids is 1. The van der Waals surface area contributed by atoms with E-state index in [4.69, 9.17) is 9.15 Å². The fourth-order valence-corrected chi connectivity index (χ4v) is 5.11. The molecule has 0 aliphatic carbocycles. The number of aryl methyl sites for hydroxylation is 1. The van der Waals surface area contributed by atoms with Crippen LogP contribution in [-0.2, 0) is 16.0 Å². The van der Waals surface area contributed by atoms with Crippen LogP contribution in [0.15, 0.2) is 114 Å². The Labute approximate surface area is 280 Å². The van der Waals surface area contributed by atoms with E-state index in [1.54, 1.807) is 48.5 Å². The van der Waals surface area contributed by atoms with Crippen LogP contribution < -0.4 is 15.4 Å². The Bertz CT molecular complexity index is 1870. The van der Waals surface area contributed by atoms with E-state index in [9.17, 15) is 19.5 Å². The molecule has 1 aromatic heterocycles. The van der Waals surface area contributed by atoms with Crippen molar-refractivity contribution in [2.24, 2.45) is 5.41 Å². The summed E-state index contributed by atoms with van der Waals surface area (Å²) in [6.45, 7) is 6.92. The topological polar surface area (TPSA) is 131 Å². The van der Waals surface area contributed by atoms with E-state index in [1.165, 1.54) is 13.8 Å². The molecule has 0 saturated heterocycles. The SMILES string of the molecule is Cc1oc(-c2ccccc2)nc1CCOc1ccc(C(C)[C@H](NC(=O)C(C)(C)C(=O)O)Nc2ccccc2C(=O)c2ccccc2)cc1. The van der Waals surface area contributed by atoms with Crippen LogP contribution in [0.3, 0.4) is 0 Å². The Kier molecular flexibility index (Phi) is 10.4. The van der Waals surface area contributed by atoms with Crippen LogP contribution >= 0.6 is 0 Å². The number of anilines is 1. The Hall–Kier alpha value is -5.70. The number of ketones is 1. The van der Waals surface area contributed by atoms with Crippen LogP contribution in [0.4, 0.5) is 5.69 Å². The normalized spacial score (nSPS) is 12.5. The molecule has 1 unspecified atom stereocenters. The average Bonchev–Trinajstić information content (AvgIpc) is 3.48. The van der Waals surface area contributed by atoms with Crippen LogP contribution in [0.1, 0.15) is 59.6 Å². The van der Waals surface area contributed by atoms with E-state index in [-0.39, 0.29) is 11.7 Å². The fourth-order valence-electron chi connectivity index (χ4n) is 5.11. The Morgan fingerprint density at radius 1 is 0.875 bits per heavy atom. The zero-order valence-corrected chi connectivity index (χ0v) is 27.4. The molecular weight excluding hydrogens is 606 g/mol. The summed E-state index contributed by atoms with van der Waals surface area (Å²) in [6.07, 6.45) is -0.194. The maximum atomic E-state index is 13.4. The van der Waals surface area contributed by atoms with Crippen molar-refractivity contribution >= 4 is 23.3 Å². The van der Waals surface area contributed by atoms with Crippen molar-refractivity contribution < 1.29 is 28.6 Å². The first kappa shape index (κ1) is 33.7. The van der Waals surface area contributed by atoms with Crippen LogP contribution in [0, 0.1) is 12.3 Å². The number of carbonyl (C=O) groups is 3. The molecule has 1 amide bonds. The van der Waals surface area contributed by atoms with Crippen molar-refractivity contribution in [3.8, 4) is 17.2 Å². The molecule has 5 rings (SSSR count). The van der Waals surface area contributed by atoms with Crippen LogP contribution in [0.2, 0.25) is 0 Å². The lowest BCUT2D eigenvalue weighted by molar-refractivity contribution is -0.153. The van der Waals surface area contributed by atoms with Gasteiger partial charge in [-0.3, -0.25) is 14.4 Å². The Morgan fingerprint density at radius 3 is 2.17 bits per heavy atom. The number of nitrogens with one attached hydrogen (secondary N) is 2. The molecule has 0 bridgehead atoms. The molecular formula is C39H39N3O6. The lowest BCUT2D eigenvalue weighted by atomic mass is 9.91. The van der Waals surface area contributed by atoms with Crippen LogP contribution in [-0.4, -0.2) is 40.5 Å². The Morgan fingerprint density at radius 2 is 1.50 bits per heavy atom. The zero-order valence-electron chi connectivity index (χ0n) is 27.4. The number of benzene rings is 4. The predicted octanol–water partition coefficient (Wildman–Crippen LogP) is 7.27. The summed E-state index contributed by atoms with van der Waals surface area (Å²) in [5.74, 6) is -0.442. The minimum atomic E-state index is -1.68. The van der Waals surface area contributed by atoms with Gasteiger partial charge in [0, 0.05) is 34.7 Å². The third kappa shape index (κ3) is 7.81. The van der Waals surface area contributed by atoms with E-state index < -0.39 is 23.5 Å². The number of aliphatic carboxylic acids is 1. The summed E-state index contributed by atoms with van der Waals surface area (Å²) in [5.41, 5.74) is 2.39. The number of para-hydroxylation sites is 1. The number of carbonyl (C=O) groups excluding carboxylic acids is 2. The molecule has 4 aromatic carbocycles. The minimum absolute atomic E-state index is 0.180. The molecule has 0 fully saturated rings. The molecule has 0 spiro atoms. The van der Waals surface area contributed by atoms with E-state index in [0.29, 0.717) is 41.5 Å². The molecule has 246 valence electrons. The highest BCUT2D eigenvalue weighted by Crippen LogP contribution is 2.28. The fraction of sp³-hybridized carbons (Fsp3) is 0.231. The first-order valence-electron chi connectivity index (χ1n) is 15.8. The molecule has 9 heteroatoms. The van der Waals surface area contributed by atoms with Gasteiger partial charge in [-0.05, 0) is 62.7 Å². The van der Waals surface area contributed by atoms with E-state index in [2.05, 4.69) is 15.6 Å². The molecule has 2 atom stereocenters. The second-order valence-electron chi connectivity index (χ2n) is 12.1. The number of hydrogen-bond donors (Lipinski definition) is 3. The van der Waals surface area contributed by atoms with Gasteiger partial charge in [0.15, 0.2) is 5.78 Å². The molecule has 1 heterocycles. The Balaban J connectivity index is 1.31. The maximum absolute atomic E-state index is 13.4. The van der Waals surface area contributed by atoms with Crippen molar-refractivity contribution in [1.29, 1.82) is 0 Å². The smallest absolute Gasteiger partial charge is 0.318 e. The van der Waals surface area contributed by atoms with Crippen LogP contribution in [0.5, 0.6) is 5.75 Å². The maximum Gasteiger partial charge on any atom is 0.318 e. The van der Waals surface area contributed by atoms with Gasteiger partial charge in [0.25, 0.3) is 0 Å². The van der Waals surface area contributed by atoms with Gasteiger partial charge in [-0.1, -0.05) is 79.7 Å². The highest BCUT2D eigenvalue weighted by molar-refractivity contribution is 6.12. The summed E-state index contributed by atoms with van der Waals surface area (Å²) in [7, 11) is 0. The second kappa shape index (κ2) is 14.8. The van der Waals surface area contributed by atoms with Crippen molar-refractivity contribution in [2.45, 2.75) is 46.2 Å². The molecule has 9 nitrogen and oxygen atoms in total. The number of oxazole rings is 1. The van der Waals surface area contributed by atoms with Gasteiger partial charge in [-0.25, -0.2) is 4.98 Å². The molecule has 0 aliphatic rings. The van der Waals surface area contributed by atoms with E-state index in [1.807, 2.05) is 74.5 Å². The number of rotatable bonds is 14. The highest BCUT2D eigenvalue weighted by atomic mass is 16.5. The number of ether oxygens (including phenoxy) is 1. The lowest BCUT2D eigenvalue weighted by Crippen LogP contribution is -2.51. The van der Waals surface area contributed by atoms with Gasteiger partial charge >= 0.3 is 5.97 Å². The highest BCUT2D eigenvalue weighted by Gasteiger charge is 2.38. The van der Waals surface area contributed by atoms with Crippen molar-refractivity contribution in [1.82, 2.24) is 10.3 Å². The van der Waals surface area contributed by atoms with Gasteiger partial charge < -0.3 is 24.9 Å². The molecule has 0 saturated carbocycles. The number of nitrogens with zero attached hydrogens (tertiary/aromatic N) is 1. The average molecular weight is 646 g/mol. The standard InChI is InChI=1S/C39H39N3O6/c1-25(27-19-21-30(22-20-27)47-24-23-32-26(2)48-36(41-32)29-15-9-6-10-16-29)35(42-37(44)39(3,4)38(45)46)40-33-18-12-11-17-31(33)34(43)28-13-7-5-8-14-28/h5-22,25,35,40H,23-24H2,1-4H3,(H,42,44)(H,45,46)/t25?,35-/m0/s1. The van der Waals surface area contributed by atoms with Crippen molar-refractivity contribution in [3.05, 3.63) is 137 Å². The molecule has 0 radical (unpaired) electrons. The third-order valence-corrected chi connectivity index (χ3v) is 8.33. The summed E-state index contributed by atoms with van der Waals surface area (Å²) in [5, 5.41) is 15.9. The first-order chi connectivity index (χ1) is 23.0. The summed E-state index contributed by atoms with van der Waals surface area (Å²) in [6, 6.07) is 33.2. The predicted molar refractivity (Wildman–Crippen MR) is 184 cm³/mol. The lowest BCUT2D eigenvalue weighted by Gasteiger charge is -2.31. The molecule has 48 heavy (non-hydrogen) atoms. The van der Waals surface area contributed by atoms with Gasteiger partial charge in [0.2, 0.25) is 11.8 Å². The van der Waals surface area contributed by atoms with Gasteiger partial charge in [0.05, 0.1) is 12.3 Å². The number of carboxylic acid groups (broad SMARTS) is 1. The monoisotopic (exact) mass is 645 g/mol. The number of amides is 1. The number of aromatic nitrogens is 1. The first-order valence-corrected chi connectivity index (χ1v) is 15.8. The van der Waals surface area contributed by atoms with Crippen molar-refractivity contribution in [3.63, 3.8) is 0 Å². The van der Waals surface area contributed by atoms with Gasteiger partial charge in [0.1, 0.15) is 23.1 Å². The number of hydrogen-bond acceptors (Lipinski definition) is 7. The third-order valence-electron chi connectivity index (χ3n) is 8.33. The molecule has 0 aliphatic heterocycles. The molecule has 3 N–H and O–H groups in total. The van der Waals surface area contributed by atoms with Gasteiger partial charge in [-0.2, -0.15) is 0 Å². The second-order valence-corrected chi connectivity index (χ2v) is 12.1. The van der Waals surface area contributed by atoms with E-state index in [0.717, 1.165) is 22.6 Å². The summed E-state index contributed by atoms with van der Waals surface area (Å²) in [4.78, 5) is 43.2. The largest absolute Gasteiger partial charge is 0.493 e. The summed E-state index contributed by atoms with van der Waals surface area (Å²) >= 11 is 0. The minimum Gasteiger partial charge on any atom is -0.493 e.